The fraction of sp³-hybridized carbons (Fsp3) is 0.263. The van der Waals surface area contributed by atoms with E-state index in [2.05, 4.69) is 4.74 Å². The largest absolute Gasteiger partial charge is 0.493 e. The summed E-state index contributed by atoms with van der Waals surface area (Å²) in [6.45, 7) is 2.55. The molecule has 0 aromatic heterocycles. The van der Waals surface area contributed by atoms with Gasteiger partial charge in [0.05, 0.1) is 25.9 Å². The Morgan fingerprint density at radius 3 is 1.67 bits per heavy atom. The molecule has 2 aromatic carbocycles. The first-order chi connectivity index (χ1) is 11.6. The summed E-state index contributed by atoms with van der Waals surface area (Å²) in [6, 6.07) is 13.8. The number of hydrogen-bond acceptors (Lipinski definition) is 5. The normalized spacial score (nSPS) is 10.1. The molecule has 0 aliphatic heterocycles. The molecule has 0 N–H and O–H groups in total. The SMILES string of the molecule is COC(=O)c1ccc(OCCCOc2ccc(C(C)=O)cc2)cc1. The highest BCUT2D eigenvalue weighted by Crippen LogP contribution is 2.14. The number of ether oxygens (including phenoxy) is 3. The molecule has 2 rings (SSSR count). The maximum Gasteiger partial charge on any atom is 0.337 e. The second-order valence-corrected chi connectivity index (χ2v) is 5.15. The Morgan fingerprint density at radius 1 is 0.792 bits per heavy atom. The van der Waals surface area contributed by atoms with E-state index >= 15 is 0 Å². The van der Waals surface area contributed by atoms with Gasteiger partial charge in [-0.15, -0.1) is 0 Å². The van der Waals surface area contributed by atoms with Crippen LogP contribution in [0.4, 0.5) is 0 Å². The summed E-state index contributed by atoms with van der Waals surface area (Å²) in [5.74, 6) is 1.08. The minimum atomic E-state index is -0.370. The predicted octanol–water partition coefficient (Wildman–Crippen LogP) is 3.52. The molecule has 0 aliphatic carbocycles. The van der Waals surface area contributed by atoms with E-state index in [0.29, 0.717) is 36.5 Å². The Labute approximate surface area is 141 Å². The van der Waals surface area contributed by atoms with Crippen LogP contribution >= 0.6 is 0 Å². The number of carbonyl (C=O) groups is 2. The van der Waals surface area contributed by atoms with Gasteiger partial charge in [-0.1, -0.05) is 0 Å². The molecule has 0 aliphatic rings. The first-order valence-electron chi connectivity index (χ1n) is 7.65. The van der Waals surface area contributed by atoms with Crippen molar-refractivity contribution in [3.05, 3.63) is 59.7 Å². The van der Waals surface area contributed by atoms with Crippen molar-refractivity contribution in [1.82, 2.24) is 0 Å². The molecular formula is C19H20O5. The summed E-state index contributed by atoms with van der Waals surface area (Å²) in [6.07, 6.45) is 0.715. The average molecular weight is 328 g/mol. The molecule has 2 aromatic rings. The summed E-state index contributed by atoms with van der Waals surface area (Å²) in [4.78, 5) is 22.5. The van der Waals surface area contributed by atoms with Gasteiger partial charge in [0.2, 0.25) is 0 Å². The molecule has 0 saturated heterocycles. The molecule has 0 heterocycles. The van der Waals surface area contributed by atoms with Crippen LogP contribution in [0.2, 0.25) is 0 Å². The maximum absolute atomic E-state index is 11.3. The monoisotopic (exact) mass is 328 g/mol. The molecule has 0 bridgehead atoms. The lowest BCUT2D eigenvalue weighted by Crippen LogP contribution is -2.05. The van der Waals surface area contributed by atoms with E-state index in [4.69, 9.17) is 9.47 Å². The molecule has 5 heteroatoms. The van der Waals surface area contributed by atoms with Crippen LogP contribution in [-0.4, -0.2) is 32.1 Å². The molecule has 0 fully saturated rings. The van der Waals surface area contributed by atoms with Crippen molar-refractivity contribution >= 4 is 11.8 Å². The van der Waals surface area contributed by atoms with Crippen molar-refractivity contribution in [1.29, 1.82) is 0 Å². The van der Waals surface area contributed by atoms with E-state index in [1.165, 1.54) is 14.0 Å². The molecule has 0 spiro atoms. The minimum absolute atomic E-state index is 0.0353. The molecule has 126 valence electrons. The second-order valence-electron chi connectivity index (χ2n) is 5.15. The topological polar surface area (TPSA) is 61.8 Å². The molecule has 0 saturated carbocycles. The van der Waals surface area contributed by atoms with Gasteiger partial charge < -0.3 is 14.2 Å². The first-order valence-corrected chi connectivity index (χ1v) is 7.65. The highest BCUT2D eigenvalue weighted by Gasteiger charge is 2.04. The first kappa shape index (κ1) is 17.5. The minimum Gasteiger partial charge on any atom is -0.493 e. The summed E-state index contributed by atoms with van der Waals surface area (Å²) >= 11 is 0. The van der Waals surface area contributed by atoms with Crippen molar-refractivity contribution in [3.8, 4) is 11.5 Å². The van der Waals surface area contributed by atoms with Crippen LogP contribution in [0.25, 0.3) is 0 Å². The number of rotatable bonds is 8. The van der Waals surface area contributed by atoms with Gasteiger partial charge in [-0.25, -0.2) is 4.79 Å². The number of methoxy groups -OCH3 is 1. The van der Waals surface area contributed by atoms with Crippen LogP contribution in [0.15, 0.2) is 48.5 Å². The van der Waals surface area contributed by atoms with Crippen molar-refractivity contribution in [2.75, 3.05) is 20.3 Å². The van der Waals surface area contributed by atoms with Crippen LogP contribution in [0.1, 0.15) is 34.1 Å². The van der Waals surface area contributed by atoms with Crippen LogP contribution < -0.4 is 9.47 Å². The lowest BCUT2D eigenvalue weighted by Gasteiger charge is -2.08. The Morgan fingerprint density at radius 2 is 1.25 bits per heavy atom. The average Bonchev–Trinajstić information content (AvgIpc) is 2.61. The van der Waals surface area contributed by atoms with E-state index in [-0.39, 0.29) is 11.8 Å². The molecule has 24 heavy (non-hydrogen) atoms. The maximum atomic E-state index is 11.3. The molecule has 0 atom stereocenters. The number of carbonyl (C=O) groups excluding carboxylic acids is 2. The number of hydrogen-bond donors (Lipinski definition) is 0. The standard InChI is InChI=1S/C19H20O5/c1-14(20)15-4-8-17(9-5-15)23-12-3-13-24-18-10-6-16(7-11-18)19(21)22-2/h4-11H,3,12-13H2,1-2H3. The molecule has 0 amide bonds. The smallest absolute Gasteiger partial charge is 0.337 e. The van der Waals surface area contributed by atoms with Gasteiger partial charge in [-0.05, 0) is 55.5 Å². The van der Waals surface area contributed by atoms with Gasteiger partial charge in [-0.3, -0.25) is 4.79 Å². The van der Waals surface area contributed by atoms with Gasteiger partial charge in [0.15, 0.2) is 5.78 Å². The summed E-state index contributed by atoms with van der Waals surface area (Å²) in [7, 11) is 1.35. The molecular weight excluding hydrogens is 308 g/mol. The van der Waals surface area contributed by atoms with E-state index in [9.17, 15) is 9.59 Å². The van der Waals surface area contributed by atoms with E-state index in [0.717, 1.165) is 5.75 Å². The molecule has 5 nitrogen and oxygen atoms in total. The lowest BCUT2D eigenvalue weighted by atomic mass is 10.1. The highest BCUT2D eigenvalue weighted by atomic mass is 16.5. The van der Waals surface area contributed by atoms with Crippen molar-refractivity contribution in [2.45, 2.75) is 13.3 Å². The van der Waals surface area contributed by atoms with Crippen LogP contribution in [0.5, 0.6) is 11.5 Å². The highest BCUT2D eigenvalue weighted by molar-refractivity contribution is 5.94. The third kappa shape index (κ3) is 5.12. The Kier molecular flexibility index (Phi) is 6.37. The van der Waals surface area contributed by atoms with Gasteiger partial charge in [0.25, 0.3) is 0 Å². The Hall–Kier alpha value is -2.82. The zero-order chi connectivity index (χ0) is 17.4. The van der Waals surface area contributed by atoms with Crippen LogP contribution in [-0.2, 0) is 4.74 Å². The third-order valence-electron chi connectivity index (χ3n) is 3.36. The van der Waals surface area contributed by atoms with Gasteiger partial charge >= 0.3 is 5.97 Å². The van der Waals surface area contributed by atoms with Gasteiger partial charge in [-0.2, -0.15) is 0 Å². The second kappa shape index (κ2) is 8.72. The lowest BCUT2D eigenvalue weighted by molar-refractivity contribution is 0.0600. The Bertz CT molecular complexity index is 674. The quantitative estimate of drug-likeness (QED) is 0.421. The Balaban J connectivity index is 1.69. The van der Waals surface area contributed by atoms with E-state index < -0.39 is 0 Å². The van der Waals surface area contributed by atoms with Crippen molar-refractivity contribution in [2.24, 2.45) is 0 Å². The number of ketones is 1. The summed E-state index contributed by atoms with van der Waals surface area (Å²) in [5.41, 5.74) is 1.16. The number of Topliss-reactive ketones (excluding diaryl/α,β-unsaturated/α-hetero) is 1. The van der Waals surface area contributed by atoms with Crippen LogP contribution in [0, 0.1) is 0 Å². The fourth-order valence-corrected chi connectivity index (χ4v) is 2.03. The molecule has 0 unspecified atom stereocenters. The van der Waals surface area contributed by atoms with Crippen molar-refractivity contribution < 1.29 is 23.8 Å². The van der Waals surface area contributed by atoms with Gasteiger partial charge in [0, 0.05) is 12.0 Å². The zero-order valence-corrected chi connectivity index (χ0v) is 13.8. The predicted molar refractivity (Wildman–Crippen MR) is 89.8 cm³/mol. The fourth-order valence-electron chi connectivity index (χ4n) is 2.03. The van der Waals surface area contributed by atoms with E-state index in [1.54, 1.807) is 48.5 Å². The van der Waals surface area contributed by atoms with Crippen molar-refractivity contribution in [3.63, 3.8) is 0 Å². The van der Waals surface area contributed by atoms with E-state index in [1.807, 2.05) is 0 Å². The number of benzene rings is 2. The van der Waals surface area contributed by atoms with Crippen LogP contribution in [0.3, 0.4) is 0 Å². The summed E-state index contributed by atoms with van der Waals surface area (Å²) < 4.78 is 15.8. The molecule has 0 radical (unpaired) electrons. The van der Waals surface area contributed by atoms with Gasteiger partial charge in [0.1, 0.15) is 11.5 Å². The third-order valence-corrected chi connectivity index (χ3v) is 3.36. The zero-order valence-electron chi connectivity index (χ0n) is 13.8. The summed E-state index contributed by atoms with van der Waals surface area (Å²) in [5, 5.41) is 0. The number of esters is 1.